The highest BCUT2D eigenvalue weighted by Gasteiger charge is 2.43. The van der Waals surface area contributed by atoms with Crippen molar-refractivity contribution in [3.05, 3.63) is 29.8 Å². The van der Waals surface area contributed by atoms with Crippen LogP contribution in [0.5, 0.6) is 5.75 Å². The van der Waals surface area contributed by atoms with Crippen molar-refractivity contribution in [3.63, 3.8) is 0 Å². The molecule has 0 radical (unpaired) electrons. The second-order valence-corrected chi connectivity index (χ2v) is 4.92. The second kappa shape index (κ2) is 6.34. The Morgan fingerprint density at radius 2 is 1.90 bits per heavy atom. The molecule has 1 amide bonds. The molecule has 1 saturated heterocycles. The van der Waals surface area contributed by atoms with E-state index in [1.807, 2.05) is 29.2 Å². The Balaban J connectivity index is 1.88. The molecular formula is C14H17F3N2O2. The summed E-state index contributed by atoms with van der Waals surface area (Å²) in [5, 5.41) is 0. The Kier molecular flexibility index (Phi) is 4.72. The standard InChI is InChI=1S/C14H17F3N2O2/c1-21-12-4-2-3-11(9-12)10-18-5-7-19(8-6-18)13(20)14(15,16)17/h2-4,9H,5-8,10H2,1H3. The number of rotatable bonds is 3. The minimum absolute atomic E-state index is 0.0995. The van der Waals surface area contributed by atoms with Crippen LogP contribution in [0.4, 0.5) is 13.2 Å². The number of benzene rings is 1. The maximum absolute atomic E-state index is 12.3. The summed E-state index contributed by atoms with van der Waals surface area (Å²) in [6.07, 6.45) is -4.78. The molecule has 7 heteroatoms. The van der Waals surface area contributed by atoms with Gasteiger partial charge in [0.15, 0.2) is 0 Å². The fourth-order valence-corrected chi connectivity index (χ4v) is 2.32. The number of hydrogen-bond acceptors (Lipinski definition) is 3. The molecule has 0 aliphatic carbocycles. The average Bonchev–Trinajstić information content (AvgIpc) is 2.46. The van der Waals surface area contributed by atoms with Crippen molar-refractivity contribution < 1.29 is 22.7 Å². The Hall–Kier alpha value is -1.76. The first-order valence-electron chi connectivity index (χ1n) is 6.61. The van der Waals surface area contributed by atoms with Gasteiger partial charge in [0.1, 0.15) is 5.75 Å². The van der Waals surface area contributed by atoms with Gasteiger partial charge < -0.3 is 9.64 Å². The molecule has 1 aromatic carbocycles. The number of alkyl halides is 3. The number of methoxy groups -OCH3 is 1. The number of amides is 1. The first-order chi connectivity index (χ1) is 9.90. The van der Waals surface area contributed by atoms with Crippen LogP contribution in [-0.4, -0.2) is 55.2 Å². The molecule has 1 fully saturated rings. The fourth-order valence-electron chi connectivity index (χ4n) is 2.32. The summed E-state index contributed by atoms with van der Waals surface area (Å²) >= 11 is 0. The number of ether oxygens (including phenoxy) is 1. The minimum atomic E-state index is -4.78. The largest absolute Gasteiger partial charge is 0.497 e. The number of hydrogen-bond donors (Lipinski definition) is 0. The van der Waals surface area contributed by atoms with Crippen LogP contribution >= 0.6 is 0 Å². The van der Waals surface area contributed by atoms with E-state index in [2.05, 4.69) is 0 Å². The Bertz CT molecular complexity index is 497. The molecule has 1 heterocycles. The van der Waals surface area contributed by atoms with Crippen molar-refractivity contribution in [2.24, 2.45) is 0 Å². The molecule has 1 aliphatic rings. The van der Waals surface area contributed by atoms with Crippen LogP contribution in [0.15, 0.2) is 24.3 Å². The van der Waals surface area contributed by atoms with E-state index in [0.29, 0.717) is 19.6 Å². The van der Waals surface area contributed by atoms with E-state index < -0.39 is 12.1 Å². The highest BCUT2D eigenvalue weighted by atomic mass is 19.4. The van der Waals surface area contributed by atoms with Crippen LogP contribution in [0.2, 0.25) is 0 Å². The first-order valence-corrected chi connectivity index (χ1v) is 6.61. The van der Waals surface area contributed by atoms with Gasteiger partial charge in [-0.15, -0.1) is 0 Å². The van der Waals surface area contributed by atoms with Crippen LogP contribution in [0.1, 0.15) is 5.56 Å². The van der Waals surface area contributed by atoms with Gasteiger partial charge in [-0.25, -0.2) is 0 Å². The lowest BCUT2D eigenvalue weighted by atomic mass is 10.2. The number of carbonyl (C=O) groups is 1. The van der Waals surface area contributed by atoms with Crippen LogP contribution in [-0.2, 0) is 11.3 Å². The third kappa shape index (κ3) is 4.10. The molecule has 1 aliphatic heterocycles. The van der Waals surface area contributed by atoms with Crippen molar-refractivity contribution in [1.29, 1.82) is 0 Å². The maximum Gasteiger partial charge on any atom is 0.471 e. The molecule has 0 atom stereocenters. The lowest BCUT2D eigenvalue weighted by molar-refractivity contribution is -0.187. The Labute approximate surface area is 121 Å². The summed E-state index contributed by atoms with van der Waals surface area (Å²) in [6.45, 7) is 1.69. The number of halogens is 3. The third-order valence-corrected chi connectivity index (χ3v) is 3.44. The van der Waals surface area contributed by atoms with Crippen LogP contribution in [0.25, 0.3) is 0 Å². The lowest BCUT2D eigenvalue weighted by Gasteiger charge is -2.35. The molecule has 4 nitrogen and oxygen atoms in total. The number of carbonyl (C=O) groups excluding carboxylic acids is 1. The van der Waals surface area contributed by atoms with Crippen molar-refractivity contribution >= 4 is 5.91 Å². The molecule has 0 aromatic heterocycles. The molecule has 116 valence electrons. The van der Waals surface area contributed by atoms with Gasteiger partial charge in [0, 0.05) is 32.7 Å². The highest BCUT2D eigenvalue weighted by molar-refractivity contribution is 5.81. The Morgan fingerprint density at radius 3 is 2.48 bits per heavy atom. The predicted molar refractivity (Wildman–Crippen MR) is 70.9 cm³/mol. The summed E-state index contributed by atoms with van der Waals surface area (Å²) < 4.78 is 42.2. The zero-order chi connectivity index (χ0) is 15.5. The van der Waals surface area contributed by atoms with E-state index in [1.165, 1.54) is 0 Å². The van der Waals surface area contributed by atoms with Gasteiger partial charge in [-0.1, -0.05) is 12.1 Å². The molecule has 0 saturated carbocycles. The lowest BCUT2D eigenvalue weighted by Crippen LogP contribution is -2.52. The third-order valence-electron chi connectivity index (χ3n) is 3.44. The zero-order valence-electron chi connectivity index (χ0n) is 11.7. The molecule has 0 unspecified atom stereocenters. The first kappa shape index (κ1) is 15.6. The number of piperazine rings is 1. The predicted octanol–water partition coefficient (Wildman–Crippen LogP) is 1.90. The van der Waals surface area contributed by atoms with Gasteiger partial charge in [0.25, 0.3) is 0 Å². The molecule has 0 spiro atoms. The summed E-state index contributed by atoms with van der Waals surface area (Å²) in [6, 6.07) is 7.55. The van der Waals surface area contributed by atoms with Gasteiger partial charge in [0.2, 0.25) is 0 Å². The van der Waals surface area contributed by atoms with E-state index in [0.717, 1.165) is 16.2 Å². The summed E-state index contributed by atoms with van der Waals surface area (Å²) in [4.78, 5) is 14.0. The van der Waals surface area contributed by atoms with Gasteiger partial charge >= 0.3 is 12.1 Å². The van der Waals surface area contributed by atoms with Crippen LogP contribution < -0.4 is 4.74 Å². The molecule has 2 rings (SSSR count). The van der Waals surface area contributed by atoms with E-state index in [-0.39, 0.29) is 13.1 Å². The van der Waals surface area contributed by atoms with E-state index in [4.69, 9.17) is 4.74 Å². The molecule has 0 bridgehead atoms. The highest BCUT2D eigenvalue weighted by Crippen LogP contribution is 2.20. The second-order valence-electron chi connectivity index (χ2n) is 4.92. The van der Waals surface area contributed by atoms with Crippen LogP contribution in [0, 0.1) is 0 Å². The summed E-state index contributed by atoms with van der Waals surface area (Å²) in [5.74, 6) is -0.998. The maximum atomic E-state index is 12.3. The topological polar surface area (TPSA) is 32.8 Å². The SMILES string of the molecule is COc1cccc(CN2CCN(C(=O)C(F)(F)F)CC2)c1. The molecular weight excluding hydrogens is 285 g/mol. The Morgan fingerprint density at radius 1 is 1.24 bits per heavy atom. The van der Waals surface area contributed by atoms with E-state index in [9.17, 15) is 18.0 Å². The van der Waals surface area contributed by atoms with Gasteiger partial charge in [-0.3, -0.25) is 9.69 Å². The van der Waals surface area contributed by atoms with Crippen molar-refractivity contribution in [1.82, 2.24) is 9.80 Å². The van der Waals surface area contributed by atoms with Crippen molar-refractivity contribution in [2.45, 2.75) is 12.7 Å². The van der Waals surface area contributed by atoms with E-state index >= 15 is 0 Å². The van der Waals surface area contributed by atoms with E-state index in [1.54, 1.807) is 7.11 Å². The summed E-state index contributed by atoms with van der Waals surface area (Å²) in [5.41, 5.74) is 1.03. The average molecular weight is 302 g/mol. The van der Waals surface area contributed by atoms with Crippen LogP contribution in [0.3, 0.4) is 0 Å². The fraction of sp³-hybridized carbons (Fsp3) is 0.500. The minimum Gasteiger partial charge on any atom is -0.497 e. The molecule has 1 aromatic rings. The smallest absolute Gasteiger partial charge is 0.471 e. The molecule has 0 N–H and O–H groups in total. The monoisotopic (exact) mass is 302 g/mol. The zero-order valence-corrected chi connectivity index (χ0v) is 11.7. The molecule has 21 heavy (non-hydrogen) atoms. The van der Waals surface area contributed by atoms with Crippen molar-refractivity contribution in [2.75, 3.05) is 33.3 Å². The summed E-state index contributed by atoms with van der Waals surface area (Å²) in [7, 11) is 1.58. The normalized spacial score (nSPS) is 16.9. The quantitative estimate of drug-likeness (QED) is 0.855. The van der Waals surface area contributed by atoms with Gasteiger partial charge in [-0.05, 0) is 17.7 Å². The number of nitrogens with zero attached hydrogens (tertiary/aromatic N) is 2. The van der Waals surface area contributed by atoms with Crippen molar-refractivity contribution in [3.8, 4) is 5.75 Å². The van der Waals surface area contributed by atoms with Gasteiger partial charge in [-0.2, -0.15) is 13.2 Å². The van der Waals surface area contributed by atoms with Gasteiger partial charge in [0.05, 0.1) is 7.11 Å².